The third-order valence-electron chi connectivity index (χ3n) is 4.23. The van der Waals surface area contributed by atoms with E-state index >= 15 is 0 Å². The van der Waals surface area contributed by atoms with Gasteiger partial charge in [0.05, 0.1) is 11.4 Å². The Labute approximate surface area is 170 Å². The van der Waals surface area contributed by atoms with Crippen molar-refractivity contribution < 1.29 is 9.53 Å². The molecule has 0 saturated heterocycles. The third kappa shape index (κ3) is 5.62. The predicted molar refractivity (Wildman–Crippen MR) is 113 cm³/mol. The molecule has 0 bridgehead atoms. The quantitative estimate of drug-likeness (QED) is 0.252. The van der Waals surface area contributed by atoms with E-state index in [9.17, 15) is 4.79 Å². The summed E-state index contributed by atoms with van der Waals surface area (Å²) in [5.74, 6) is 11.9. The van der Waals surface area contributed by atoms with Gasteiger partial charge in [-0.3, -0.25) is 9.69 Å². The molecule has 0 aliphatic heterocycles. The number of ether oxygens (including phenoxy) is 1. The van der Waals surface area contributed by atoms with Crippen molar-refractivity contribution in [3.05, 3.63) is 47.3 Å². The fourth-order valence-electron chi connectivity index (χ4n) is 2.52. The number of urea groups is 1. The normalized spacial score (nSPS) is 12.1. The zero-order valence-corrected chi connectivity index (χ0v) is 17.5. The topological polar surface area (TPSA) is 127 Å². The average molecular weight is 400 g/mol. The Balaban J connectivity index is 2.20. The molecule has 0 aliphatic carbocycles. The Morgan fingerprint density at radius 2 is 2.00 bits per heavy atom. The highest BCUT2D eigenvalue weighted by Crippen LogP contribution is 2.23. The number of carbonyl (C=O) groups excluding carboxylic acids is 1. The Morgan fingerprint density at radius 3 is 2.59 bits per heavy atom. The molecule has 1 heterocycles. The average Bonchev–Trinajstić information content (AvgIpc) is 3.13. The number of hydrogen-bond acceptors (Lipinski definition) is 7. The Kier molecular flexibility index (Phi) is 7.46. The highest BCUT2D eigenvalue weighted by atomic mass is 16.5. The van der Waals surface area contributed by atoms with Crippen LogP contribution in [0.3, 0.4) is 0 Å². The molecule has 1 aromatic heterocycles. The van der Waals surface area contributed by atoms with Crippen molar-refractivity contribution in [2.45, 2.75) is 33.8 Å². The van der Waals surface area contributed by atoms with E-state index in [-0.39, 0.29) is 6.61 Å². The van der Waals surface area contributed by atoms with Gasteiger partial charge in [-0.25, -0.2) is 21.5 Å². The second-order valence-corrected chi connectivity index (χ2v) is 6.53. The number of nitrogens with two attached hydrogens (primary N) is 2. The molecule has 4 N–H and O–H groups in total. The zero-order chi connectivity index (χ0) is 21.6. The van der Waals surface area contributed by atoms with Gasteiger partial charge in [-0.2, -0.15) is 10.2 Å². The van der Waals surface area contributed by atoms with Gasteiger partial charge in [0.15, 0.2) is 0 Å². The van der Waals surface area contributed by atoms with Crippen LogP contribution < -0.4 is 16.7 Å². The fourth-order valence-corrected chi connectivity index (χ4v) is 2.52. The molecular weight excluding hydrogens is 372 g/mol. The molecule has 0 saturated carbocycles. The molecule has 10 heteroatoms. The van der Waals surface area contributed by atoms with E-state index < -0.39 is 6.03 Å². The molecule has 2 amide bonds. The molecule has 10 nitrogen and oxygen atoms in total. The summed E-state index contributed by atoms with van der Waals surface area (Å²) in [5.41, 5.74) is 3.62. The first-order chi connectivity index (χ1) is 13.7. The lowest BCUT2D eigenvalue weighted by Crippen LogP contribution is -2.49. The van der Waals surface area contributed by atoms with E-state index in [1.54, 1.807) is 10.7 Å². The summed E-state index contributed by atoms with van der Waals surface area (Å²) in [5, 5.41) is 14.6. The summed E-state index contributed by atoms with van der Waals surface area (Å²) < 4.78 is 7.56. The Bertz CT molecular complexity index is 917. The number of aromatic nitrogens is 2. The Morgan fingerprint density at radius 1 is 1.28 bits per heavy atom. The minimum absolute atomic E-state index is 0.183. The standard InChI is InChI=1S/C19H28N8O2/c1-6-18(23-22-14(3)16-10-11-25(4)24-16)29-12-15-13(2)8-7-9-17(15)27(21)19(28)26(5)20/h7-11H,6,12,20-21H2,1-5H3/b22-14?,23-18+. The maximum Gasteiger partial charge on any atom is 0.352 e. The first-order valence-corrected chi connectivity index (χ1v) is 9.14. The predicted octanol–water partition coefficient (Wildman–Crippen LogP) is 2.08. The first-order valence-electron chi connectivity index (χ1n) is 9.14. The molecule has 0 spiro atoms. The van der Waals surface area contributed by atoms with Crippen LogP contribution in [-0.4, -0.2) is 39.5 Å². The van der Waals surface area contributed by atoms with Crippen molar-refractivity contribution in [1.82, 2.24) is 14.8 Å². The lowest BCUT2D eigenvalue weighted by Gasteiger charge is -2.24. The maximum absolute atomic E-state index is 12.1. The number of hydrazine groups is 2. The van der Waals surface area contributed by atoms with Crippen molar-refractivity contribution in [2.75, 3.05) is 12.1 Å². The van der Waals surface area contributed by atoms with Crippen molar-refractivity contribution in [2.24, 2.45) is 28.9 Å². The van der Waals surface area contributed by atoms with Crippen LogP contribution in [0.2, 0.25) is 0 Å². The number of benzene rings is 1. The number of carbonyl (C=O) groups is 1. The van der Waals surface area contributed by atoms with Gasteiger partial charge >= 0.3 is 6.03 Å². The highest BCUT2D eigenvalue weighted by Gasteiger charge is 2.19. The number of hydrogen-bond donors (Lipinski definition) is 2. The molecule has 2 aromatic rings. The zero-order valence-electron chi connectivity index (χ0n) is 17.5. The fraction of sp³-hybridized carbons (Fsp3) is 0.368. The van der Waals surface area contributed by atoms with Crippen molar-refractivity contribution in [3.8, 4) is 0 Å². The van der Waals surface area contributed by atoms with Gasteiger partial charge in [-0.1, -0.05) is 19.1 Å². The van der Waals surface area contributed by atoms with Gasteiger partial charge in [-0.15, -0.1) is 5.10 Å². The van der Waals surface area contributed by atoms with E-state index in [0.29, 0.717) is 23.7 Å². The van der Waals surface area contributed by atoms with Crippen LogP contribution in [-0.2, 0) is 18.4 Å². The second-order valence-electron chi connectivity index (χ2n) is 6.53. The maximum atomic E-state index is 12.1. The molecule has 0 fully saturated rings. The molecule has 1 aromatic carbocycles. The molecule has 0 radical (unpaired) electrons. The van der Waals surface area contributed by atoms with E-state index in [1.165, 1.54) is 7.05 Å². The summed E-state index contributed by atoms with van der Waals surface area (Å²) in [6.45, 7) is 5.85. The summed E-state index contributed by atoms with van der Waals surface area (Å²) in [6.07, 6.45) is 2.39. The SMILES string of the molecule is CC/C(=N\N=C(C)c1ccn(C)n1)OCc1c(C)cccc1N(N)C(=O)N(C)N. The minimum Gasteiger partial charge on any atom is -0.475 e. The van der Waals surface area contributed by atoms with Crippen molar-refractivity contribution in [1.29, 1.82) is 0 Å². The second kappa shape index (κ2) is 9.80. The monoisotopic (exact) mass is 400 g/mol. The molecule has 0 unspecified atom stereocenters. The smallest absolute Gasteiger partial charge is 0.352 e. The number of nitrogens with zero attached hydrogens (tertiary/aromatic N) is 6. The van der Waals surface area contributed by atoms with Gasteiger partial charge in [0.1, 0.15) is 12.3 Å². The van der Waals surface area contributed by atoms with Crippen LogP contribution in [0.25, 0.3) is 0 Å². The number of aryl methyl sites for hydroxylation is 2. The van der Waals surface area contributed by atoms with Crippen LogP contribution in [0, 0.1) is 6.92 Å². The van der Waals surface area contributed by atoms with Crippen LogP contribution in [0.1, 0.15) is 37.1 Å². The van der Waals surface area contributed by atoms with E-state index in [4.69, 9.17) is 16.4 Å². The number of anilines is 1. The summed E-state index contributed by atoms with van der Waals surface area (Å²) in [4.78, 5) is 12.1. The van der Waals surface area contributed by atoms with Gasteiger partial charge in [0.25, 0.3) is 0 Å². The summed E-state index contributed by atoms with van der Waals surface area (Å²) >= 11 is 0. The van der Waals surface area contributed by atoms with Gasteiger partial charge < -0.3 is 4.74 Å². The lowest BCUT2D eigenvalue weighted by molar-refractivity contribution is 0.216. The first kappa shape index (κ1) is 22.1. The van der Waals surface area contributed by atoms with Crippen LogP contribution in [0.15, 0.2) is 40.7 Å². The van der Waals surface area contributed by atoms with Crippen molar-refractivity contribution in [3.63, 3.8) is 0 Å². The van der Waals surface area contributed by atoms with Gasteiger partial charge in [0, 0.05) is 32.3 Å². The molecular formula is C19H28N8O2. The largest absolute Gasteiger partial charge is 0.475 e. The van der Waals surface area contributed by atoms with E-state index in [0.717, 1.165) is 26.8 Å². The van der Waals surface area contributed by atoms with Crippen LogP contribution in [0.5, 0.6) is 0 Å². The van der Waals surface area contributed by atoms with Crippen LogP contribution >= 0.6 is 0 Å². The summed E-state index contributed by atoms with van der Waals surface area (Å²) in [7, 11) is 3.27. The summed E-state index contributed by atoms with van der Waals surface area (Å²) in [6, 6.07) is 6.78. The molecule has 0 aliphatic rings. The minimum atomic E-state index is -0.545. The van der Waals surface area contributed by atoms with Crippen molar-refractivity contribution >= 4 is 23.3 Å². The Hall–Kier alpha value is -3.24. The molecule has 29 heavy (non-hydrogen) atoms. The molecule has 2 rings (SSSR count). The number of rotatable bonds is 6. The van der Waals surface area contributed by atoms with Crippen LogP contribution in [0.4, 0.5) is 10.5 Å². The van der Waals surface area contributed by atoms with E-state index in [2.05, 4.69) is 15.3 Å². The van der Waals surface area contributed by atoms with Gasteiger partial charge in [-0.05, 0) is 31.5 Å². The van der Waals surface area contributed by atoms with E-state index in [1.807, 2.05) is 52.2 Å². The number of amides is 2. The van der Waals surface area contributed by atoms with Gasteiger partial charge in [0.2, 0.25) is 5.90 Å². The molecule has 156 valence electrons. The lowest BCUT2D eigenvalue weighted by atomic mass is 10.1. The highest BCUT2D eigenvalue weighted by molar-refractivity contribution is 5.97. The molecule has 0 atom stereocenters. The third-order valence-corrected chi connectivity index (χ3v) is 4.23.